The molecule has 2 heterocycles. The van der Waals surface area contributed by atoms with Gasteiger partial charge in [0.05, 0.1) is 11.2 Å². The van der Waals surface area contributed by atoms with Gasteiger partial charge in [0.2, 0.25) is 0 Å². The summed E-state index contributed by atoms with van der Waals surface area (Å²) < 4.78 is 18.4. The third-order valence-electron chi connectivity index (χ3n) is 5.69. The number of nitrogens with one attached hydrogen (secondary N) is 1. The number of hydrogen-bond acceptors (Lipinski definition) is 4. The number of likely N-dealkylation sites (N-methyl/N-ethyl adjacent to an activating group) is 1. The number of rotatable bonds is 4. The Kier molecular flexibility index (Phi) is 4.42. The van der Waals surface area contributed by atoms with E-state index in [1.54, 1.807) is 0 Å². The van der Waals surface area contributed by atoms with E-state index in [-0.39, 0.29) is 18.3 Å². The van der Waals surface area contributed by atoms with Crippen LogP contribution < -0.4 is 5.32 Å². The fraction of sp³-hybridized carbons (Fsp3) is 0.364. The quantitative estimate of drug-likeness (QED) is 0.675. The van der Waals surface area contributed by atoms with Crippen molar-refractivity contribution < 1.29 is 13.7 Å². The van der Waals surface area contributed by atoms with Crippen LogP contribution in [0.2, 0.25) is 0 Å². The van der Waals surface area contributed by atoms with Crippen molar-refractivity contribution in [2.45, 2.75) is 38.9 Å². The van der Waals surface area contributed by atoms with Gasteiger partial charge in [0.25, 0.3) is 0 Å². The Morgan fingerprint density at radius 1 is 0.963 bits per heavy atom. The lowest BCUT2D eigenvalue weighted by Crippen LogP contribution is -2.41. The van der Waals surface area contributed by atoms with Crippen LogP contribution in [0.1, 0.15) is 33.3 Å². The smallest absolute Gasteiger partial charge is 0.456 e. The highest BCUT2D eigenvalue weighted by Crippen LogP contribution is 2.39. The first-order valence-corrected chi connectivity index (χ1v) is 9.43. The number of benzene rings is 2. The lowest BCUT2D eigenvalue weighted by molar-refractivity contribution is 0.00578. The van der Waals surface area contributed by atoms with Gasteiger partial charge >= 0.3 is 7.12 Å². The minimum atomic E-state index is -0.362. The molecule has 0 atom stereocenters. The van der Waals surface area contributed by atoms with Gasteiger partial charge in [-0.15, -0.1) is 0 Å². The van der Waals surface area contributed by atoms with Gasteiger partial charge < -0.3 is 19.0 Å². The summed E-state index contributed by atoms with van der Waals surface area (Å²) in [6, 6.07) is 14.4. The largest absolute Gasteiger partial charge is 0.491 e. The van der Waals surface area contributed by atoms with E-state index in [1.807, 2.05) is 31.3 Å². The van der Waals surface area contributed by atoms with Crippen molar-refractivity contribution in [3.8, 4) is 0 Å². The first kappa shape index (κ1) is 18.3. The van der Waals surface area contributed by atoms with Gasteiger partial charge in [-0.2, -0.15) is 0 Å². The molecule has 1 N–H and O–H groups in total. The minimum absolute atomic E-state index is 0.352. The van der Waals surface area contributed by atoms with Crippen LogP contribution in [-0.4, -0.2) is 31.9 Å². The predicted molar refractivity (Wildman–Crippen MR) is 112 cm³/mol. The van der Waals surface area contributed by atoms with Gasteiger partial charge in [0.1, 0.15) is 11.2 Å². The molecule has 0 aliphatic carbocycles. The maximum absolute atomic E-state index is 6.24. The van der Waals surface area contributed by atoms with E-state index >= 15 is 0 Å². The van der Waals surface area contributed by atoms with Crippen LogP contribution >= 0.6 is 0 Å². The van der Waals surface area contributed by atoms with Crippen LogP contribution in [0.3, 0.4) is 0 Å². The second-order valence-corrected chi connectivity index (χ2v) is 8.19. The number of fused-ring (bicyclic) bond motifs is 3. The zero-order valence-corrected chi connectivity index (χ0v) is 16.6. The molecule has 3 aromatic rings. The summed E-state index contributed by atoms with van der Waals surface area (Å²) in [5.41, 5.74) is 3.29. The normalized spacial score (nSPS) is 19.3. The van der Waals surface area contributed by atoms with Crippen molar-refractivity contribution in [1.29, 1.82) is 0 Å². The molecule has 140 valence electrons. The molecule has 0 spiro atoms. The Morgan fingerprint density at radius 2 is 1.63 bits per heavy atom. The van der Waals surface area contributed by atoms with Gasteiger partial charge in [-0.25, -0.2) is 0 Å². The molecule has 0 saturated carbocycles. The summed E-state index contributed by atoms with van der Waals surface area (Å²) in [5, 5.41) is 5.49. The van der Waals surface area contributed by atoms with Crippen molar-refractivity contribution in [2.24, 2.45) is 0 Å². The molecule has 1 aliphatic heterocycles. The van der Waals surface area contributed by atoms with Crippen LogP contribution in [0.5, 0.6) is 0 Å². The molecular weight excluding hydrogens is 337 g/mol. The summed E-state index contributed by atoms with van der Waals surface area (Å²) in [7, 11) is 1.57. The molecular formula is C22H26BNO3. The summed E-state index contributed by atoms with van der Waals surface area (Å²) in [5.74, 6) is 0. The molecule has 2 aromatic carbocycles. The zero-order valence-electron chi connectivity index (χ0n) is 16.6. The molecule has 1 saturated heterocycles. The molecule has 27 heavy (non-hydrogen) atoms. The Balaban J connectivity index is 1.74. The molecule has 1 aliphatic rings. The Labute approximate surface area is 160 Å². The van der Waals surface area contributed by atoms with Crippen molar-refractivity contribution in [2.75, 3.05) is 13.6 Å². The van der Waals surface area contributed by atoms with Crippen molar-refractivity contribution in [3.63, 3.8) is 0 Å². The average molecular weight is 363 g/mol. The van der Waals surface area contributed by atoms with Crippen molar-refractivity contribution in [3.05, 3.63) is 53.5 Å². The van der Waals surface area contributed by atoms with Crippen molar-refractivity contribution in [1.82, 2.24) is 5.32 Å². The summed E-state index contributed by atoms with van der Waals surface area (Å²) in [4.78, 5) is 0. The Morgan fingerprint density at radius 3 is 2.33 bits per heavy atom. The Bertz CT molecular complexity index is 1000. The molecule has 1 aromatic heterocycles. The number of hydrogen-bond donors (Lipinski definition) is 1. The molecule has 0 unspecified atom stereocenters. The van der Waals surface area contributed by atoms with Gasteiger partial charge in [0, 0.05) is 17.3 Å². The highest BCUT2D eigenvalue weighted by Gasteiger charge is 2.52. The first-order valence-electron chi connectivity index (χ1n) is 9.43. The molecule has 0 amide bonds. The molecule has 5 heteroatoms. The van der Waals surface area contributed by atoms with E-state index < -0.39 is 0 Å². The molecule has 1 fully saturated rings. The predicted octanol–water partition coefficient (Wildman–Crippen LogP) is 4.82. The second-order valence-electron chi connectivity index (χ2n) is 8.19. The zero-order chi connectivity index (χ0) is 19.2. The van der Waals surface area contributed by atoms with E-state index in [2.05, 4.69) is 57.3 Å². The van der Waals surface area contributed by atoms with Crippen molar-refractivity contribution >= 4 is 35.1 Å². The lowest BCUT2D eigenvalue weighted by atomic mass is 9.77. The SMILES string of the molecule is CNCC(=Cc1ccc2oc3ccccc3c2c1)B1OC(C)(C)C(C)(C)O1. The topological polar surface area (TPSA) is 43.6 Å². The van der Waals surface area contributed by atoms with E-state index in [4.69, 9.17) is 13.7 Å². The van der Waals surface area contributed by atoms with Gasteiger partial charge in [0.15, 0.2) is 0 Å². The van der Waals surface area contributed by atoms with Gasteiger partial charge in [-0.1, -0.05) is 30.3 Å². The van der Waals surface area contributed by atoms with Crippen LogP contribution in [0.15, 0.2) is 52.4 Å². The van der Waals surface area contributed by atoms with E-state index in [0.717, 1.165) is 33.0 Å². The van der Waals surface area contributed by atoms with Crippen LogP contribution in [0, 0.1) is 0 Å². The summed E-state index contributed by atoms with van der Waals surface area (Å²) in [6.45, 7) is 9.00. The van der Waals surface area contributed by atoms with E-state index in [9.17, 15) is 0 Å². The Hall–Kier alpha value is -2.08. The van der Waals surface area contributed by atoms with E-state index in [1.165, 1.54) is 0 Å². The molecule has 0 radical (unpaired) electrons. The third kappa shape index (κ3) is 3.20. The van der Waals surface area contributed by atoms with Crippen LogP contribution in [-0.2, 0) is 9.31 Å². The maximum Gasteiger partial charge on any atom is 0.491 e. The second kappa shape index (κ2) is 6.52. The minimum Gasteiger partial charge on any atom is -0.456 e. The first-order chi connectivity index (χ1) is 12.8. The maximum atomic E-state index is 6.24. The summed E-state index contributed by atoms with van der Waals surface area (Å²) >= 11 is 0. The van der Waals surface area contributed by atoms with E-state index in [0.29, 0.717) is 6.54 Å². The van der Waals surface area contributed by atoms with Gasteiger partial charge in [-0.05, 0) is 64.0 Å². The van der Waals surface area contributed by atoms with Crippen LogP contribution in [0.4, 0.5) is 0 Å². The van der Waals surface area contributed by atoms with Crippen LogP contribution in [0.25, 0.3) is 28.0 Å². The molecule has 4 rings (SSSR count). The standard InChI is InChI=1S/C22H26BNO3/c1-21(2)22(3,4)27-23(26-21)16(14-24-5)12-15-10-11-20-18(13-15)17-8-6-7-9-19(17)25-20/h6-13,24H,14H2,1-5H3. The number of furan rings is 1. The third-order valence-corrected chi connectivity index (χ3v) is 5.69. The summed E-state index contributed by atoms with van der Waals surface area (Å²) in [6.07, 6.45) is 2.15. The average Bonchev–Trinajstić information content (AvgIpc) is 3.08. The van der Waals surface area contributed by atoms with Gasteiger partial charge in [-0.3, -0.25) is 0 Å². The monoisotopic (exact) mass is 363 g/mol. The highest BCUT2D eigenvalue weighted by atomic mass is 16.7. The molecule has 4 nitrogen and oxygen atoms in total. The fourth-order valence-electron chi connectivity index (χ4n) is 3.45. The fourth-order valence-corrected chi connectivity index (χ4v) is 3.45. The molecule has 0 bridgehead atoms. The highest BCUT2D eigenvalue weighted by molar-refractivity contribution is 6.56. The lowest BCUT2D eigenvalue weighted by Gasteiger charge is -2.32. The number of para-hydroxylation sites is 1.